The molecule has 0 aromatic heterocycles. The van der Waals surface area contributed by atoms with E-state index < -0.39 is 0 Å². The minimum atomic E-state index is -0.0694. The lowest BCUT2D eigenvalue weighted by atomic mass is 9.98. The van der Waals surface area contributed by atoms with E-state index in [9.17, 15) is 5.11 Å². The van der Waals surface area contributed by atoms with E-state index in [4.69, 9.17) is 0 Å². The molecule has 0 saturated heterocycles. The SMILES string of the molecule is CCC[C@H](O)C(C)CC. The van der Waals surface area contributed by atoms with Crippen LogP contribution in [0.3, 0.4) is 0 Å². The van der Waals surface area contributed by atoms with Gasteiger partial charge in [0, 0.05) is 0 Å². The maximum atomic E-state index is 9.32. The Morgan fingerprint density at radius 3 is 2.22 bits per heavy atom. The second-order valence-corrected chi connectivity index (χ2v) is 2.74. The van der Waals surface area contributed by atoms with Gasteiger partial charge >= 0.3 is 0 Å². The highest BCUT2D eigenvalue weighted by Crippen LogP contribution is 2.11. The van der Waals surface area contributed by atoms with Crippen LogP contribution in [0.1, 0.15) is 40.0 Å². The Hall–Kier alpha value is -0.0400. The van der Waals surface area contributed by atoms with Gasteiger partial charge in [0.15, 0.2) is 0 Å². The summed E-state index contributed by atoms with van der Waals surface area (Å²) < 4.78 is 0. The van der Waals surface area contributed by atoms with E-state index in [1.165, 1.54) is 0 Å². The number of hydrogen-bond acceptors (Lipinski definition) is 1. The third-order valence-corrected chi connectivity index (χ3v) is 1.89. The first-order chi connectivity index (χ1) is 4.22. The normalized spacial score (nSPS) is 17.3. The summed E-state index contributed by atoms with van der Waals surface area (Å²) in [6.07, 6.45) is 3.06. The van der Waals surface area contributed by atoms with Crippen LogP contribution >= 0.6 is 0 Å². The molecule has 0 bridgehead atoms. The van der Waals surface area contributed by atoms with E-state index in [-0.39, 0.29) is 6.10 Å². The summed E-state index contributed by atoms with van der Waals surface area (Å²) in [6.45, 7) is 6.31. The Bertz CT molecular complexity index is 61.6. The first-order valence-corrected chi connectivity index (χ1v) is 3.90. The van der Waals surface area contributed by atoms with Gasteiger partial charge in [0.05, 0.1) is 6.10 Å². The standard InChI is InChI=1S/C8H18O/c1-4-6-8(9)7(3)5-2/h7-9H,4-6H2,1-3H3/t7?,8-/m0/s1. The van der Waals surface area contributed by atoms with Crippen LogP contribution in [0.15, 0.2) is 0 Å². The fourth-order valence-electron chi connectivity index (χ4n) is 0.852. The summed E-state index contributed by atoms with van der Waals surface area (Å²) in [5, 5.41) is 9.32. The number of aliphatic hydroxyl groups excluding tert-OH is 1. The van der Waals surface area contributed by atoms with Crippen LogP contribution in [0.5, 0.6) is 0 Å². The van der Waals surface area contributed by atoms with Gasteiger partial charge in [-0.3, -0.25) is 0 Å². The van der Waals surface area contributed by atoms with Gasteiger partial charge in [-0.2, -0.15) is 0 Å². The molecule has 0 aliphatic rings. The van der Waals surface area contributed by atoms with Crippen molar-refractivity contribution in [1.29, 1.82) is 0 Å². The predicted octanol–water partition coefficient (Wildman–Crippen LogP) is 2.19. The molecule has 56 valence electrons. The molecule has 2 atom stereocenters. The summed E-state index contributed by atoms with van der Waals surface area (Å²) in [7, 11) is 0. The molecule has 0 spiro atoms. The van der Waals surface area contributed by atoms with E-state index in [1.807, 2.05) is 0 Å². The molecule has 0 radical (unpaired) electrons. The number of rotatable bonds is 4. The summed E-state index contributed by atoms with van der Waals surface area (Å²) in [4.78, 5) is 0. The first-order valence-electron chi connectivity index (χ1n) is 3.90. The van der Waals surface area contributed by atoms with Crippen molar-refractivity contribution in [2.24, 2.45) is 5.92 Å². The summed E-state index contributed by atoms with van der Waals surface area (Å²) >= 11 is 0. The minimum absolute atomic E-state index is 0.0694. The first kappa shape index (κ1) is 8.96. The van der Waals surface area contributed by atoms with E-state index in [0.29, 0.717) is 5.92 Å². The molecule has 9 heavy (non-hydrogen) atoms. The van der Waals surface area contributed by atoms with Crippen molar-refractivity contribution in [2.45, 2.75) is 46.1 Å². The molecule has 0 aliphatic heterocycles. The molecular formula is C8H18O. The van der Waals surface area contributed by atoms with Gasteiger partial charge in [0.1, 0.15) is 0 Å². The topological polar surface area (TPSA) is 20.2 Å². The van der Waals surface area contributed by atoms with Crippen molar-refractivity contribution < 1.29 is 5.11 Å². The second-order valence-electron chi connectivity index (χ2n) is 2.74. The Balaban J connectivity index is 3.32. The average Bonchev–Trinajstić information content (AvgIpc) is 1.87. The second kappa shape index (κ2) is 4.80. The maximum absolute atomic E-state index is 9.32. The molecule has 1 N–H and O–H groups in total. The minimum Gasteiger partial charge on any atom is -0.393 e. The Morgan fingerprint density at radius 1 is 1.33 bits per heavy atom. The van der Waals surface area contributed by atoms with E-state index in [2.05, 4.69) is 20.8 Å². The fourth-order valence-corrected chi connectivity index (χ4v) is 0.852. The zero-order chi connectivity index (χ0) is 7.28. The highest BCUT2D eigenvalue weighted by Gasteiger charge is 2.09. The average molecular weight is 130 g/mol. The molecule has 0 fully saturated rings. The van der Waals surface area contributed by atoms with Crippen molar-refractivity contribution >= 4 is 0 Å². The summed E-state index contributed by atoms with van der Waals surface area (Å²) in [5.74, 6) is 0.477. The zero-order valence-electron chi connectivity index (χ0n) is 6.72. The molecule has 1 nitrogen and oxygen atoms in total. The van der Waals surface area contributed by atoms with E-state index >= 15 is 0 Å². The lowest BCUT2D eigenvalue weighted by Gasteiger charge is -2.15. The number of hydrogen-bond donors (Lipinski definition) is 1. The van der Waals surface area contributed by atoms with Crippen LogP contribution in [0.2, 0.25) is 0 Å². The predicted molar refractivity (Wildman–Crippen MR) is 40.4 cm³/mol. The molecule has 1 heteroatoms. The van der Waals surface area contributed by atoms with Gasteiger partial charge < -0.3 is 5.11 Å². The van der Waals surface area contributed by atoms with Gasteiger partial charge in [-0.15, -0.1) is 0 Å². The lowest BCUT2D eigenvalue weighted by molar-refractivity contribution is 0.105. The van der Waals surface area contributed by atoms with Crippen LogP contribution in [0.25, 0.3) is 0 Å². The molecule has 0 aromatic rings. The van der Waals surface area contributed by atoms with Gasteiger partial charge in [0.25, 0.3) is 0 Å². The molecule has 1 unspecified atom stereocenters. The van der Waals surface area contributed by atoms with E-state index in [1.54, 1.807) is 0 Å². The molecule has 0 aromatic carbocycles. The van der Waals surface area contributed by atoms with Crippen LogP contribution in [0, 0.1) is 5.92 Å². The Labute approximate surface area is 58.1 Å². The van der Waals surface area contributed by atoms with Gasteiger partial charge in [-0.1, -0.05) is 33.6 Å². The molecule has 0 saturated carbocycles. The molecule has 0 amide bonds. The largest absolute Gasteiger partial charge is 0.393 e. The summed E-state index contributed by atoms with van der Waals surface area (Å²) in [5.41, 5.74) is 0. The van der Waals surface area contributed by atoms with Crippen molar-refractivity contribution in [3.8, 4) is 0 Å². The molecular weight excluding hydrogens is 112 g/mol. The smallest absolute Gasteiger partial charge is 0.0565 e. The van der Waals surface area contributed by atoms with Crippen LogP contribution in [-0.2, 0) is 0 Å². The third-order valence-electron chi connectivity index (χ3n) is 1.89. The fraction of sp³-hybridized carbons (Fsp3) is 1.00. The summed E-state index contributed by atoms with van der Waals surface area (Å²) in [6, 6.07) is 0. The highest BCUT2D eigenvalue weighted by atomic mass is 16.3. The molecule has 0 aliphatic carbocycles. The van der Waals surface area contributed by atoms with E-state index in [0.717, 1.165) is 19.3 Å². The third kappa shape index (κ3) is 3.52. The molecule has 0 rings (SSSR count). The van der Waals surface area contributed by atoms with Gasteiger partial charge in [-0.05, 0) is 12.3 Å². The quantitative estimate of drug-likeness (QED) is 0.618. The Kier molecular flexibility index (Phi) is 4.78. The van der Waals surface area contributed by atoms with Crippen molar-refractivity contribution in [2.75, 3.05) is 0 Å². The van der Waals surface area contributed by atoms with Gasteiger partial charge in [-0.25, -0.2) is 0 Å². The molecule has 0 heterocycles. The maximum Gasteiger partial charge on any atom is 0.0565 e. The van der Waals surface area contributed by atoms with Crippen molar-refractivity contribution in [3.63, 3.8) is 0 Å². The monoisotopic (exact) mass is 130 g/mol. The van der Waals surface area contributed by atoms with Crippen molar-refractivity contribution in [3.05, 3.63) is 0 Å². The van der Waals surface area contributed by atoms with Crippen molar-refractivity contribution in [1.82, 2.24) is 0 Å². The van der Waals surface area contributed by atoms with Crippen LogP contribution in [-0.4, -0.2) is 11.2 Å². The lowest BCUT2D eigenvalue weighted by Crippen LogP contribution is -2.15. The van der Waals surface area contributed by atoms with Crippen LogP contribution < -0.4 is 0 Å². The Morgan fingerprint density at radius 2 is 1.89 bits per heavy atom. The highest BCUT2D eigenvalue weighted by molar-refractivity contribution is 4.61. The number of aliphatic hydroxyl groups is 1. The van der Waals surface area contributed by atoms with Crippen LogP contribution in [0.4, 0.5) is 0 Å². The zero-order valence-corrected chi connectivity index (χ0v) is 6.72. The van der Waals surface area contributed by atoms with Gasteiger partial charge in [0.2, 0.25) is 0 Å².